The van der Waals surface area contributed by atoms with Gasteiger partial charge in [-0.05, 0) is 31.2 Å². The molecule has 0 spiro atoms. The van der Waals surface area contributed by atoms with E-state index in [1.165, 1.54) is 4.57 Å². The van der Waals surface area contributed by atoms with Crippen LogP contribution in [0.1, 0.15) is 18.6 Å². The number of fused-ring (bicyclic) bond motifs is 1. The molecule has 0 radical (unpaired) electrons. The molecule has 0 bridgehead atoms. The number of amides is 1. The smallest absolute Gasteiger partial charge is 0.420 e. The zero-order valence-electron chi connectivity index (χ0n) is 17.9. The van der Waals surface area contributed by atoms with Crippen molar-refractivity contribution >= 4 is 28.7 Å². The summed E-state index contributed by atoms with van der Waals surface area (Å²) in [6.07, 6.45) is -1.23. The lowest BCUT2D eigenvalue weighted by atomic mass is 10.1. The second-order valence-electron chi connectivity index (χ2n) is 7.12. The van der Waals surface area contributed by atoms with Gasteiger partial charge in [0.15, 0.2) is 5.58 Å². The maximum Gasteiger partial charge on any atom is 0.420 e. The molecule has 0 fully saturated rings. The van der Waals surface area contributed by atoms with E-state index in [0.717, 1.165) is 0 Å². The van der Waals surface area contributed by atoms with Gasteiger partial charge in [-0.25, -0.2) is 4.79 Å². The molecule has 1 N–H and O–H groups in total. The maximum atomic E-state index is 13.2. The second kappa shape index (κ2) is 9.86. The molecule has 1 unspecified atom stereocenters. The minimum absolute atomic E-state index is 0.361. The van der Waals surface area contributed by atoms with Gasteiger partial charge >= 0.3 is 11.7 Å². The number of hydrogen-bond donors (Lipinski definition) is 1. The number of aromatic nitrogens is 1. The molecular formula is C25H22N2O6. The van der Waals surface area contributed by atoms with Crippen LogP contribution in [0.4, 0.5) is 5.69 Å². The number of oxazole rings is 1. The average molecular weight is 446 g/mol. The summed E-state index contributed by atoms with van der Waals surface area (Å²) in [6.45, 7) is 1.87. The minimum Gasteiger partial charge on any atom is -0.492 e. The first-order chi connectivity index (χ1) is 16.1. The van der Waals surface area contributed by atoms with Crippen molar-refractivity contribution in [1.29, 1.82) is 0 Å². The van der Waals surface area contributed by atoms with E-state index in [-0.39, 0.29) is 0 Å². The Morgan fingerprint density at radius 3 is 2.45 bits per heavy atom. The third kappa shape index (κ3) is 4.95. The third-order valence-electron chi connectivity index (χ3n) is 4.90. The fraction of sp³-hybridized carbons (Fsp3) is 0.160. The van der Waals surface area contributed by atoms with Crippen molar-refractivity contribution in [3.8, 4) is 5.75 Å². The van der Waals surface area contributed by atoms with E-state index in [4.69, 9.17) is 13.9 Å². The highest BCUT2D eigenvalue weighted by Gasteiger charge is 2.26. The monoisotopic (exact) mass is 446 g/mol. The Balaban J connectivity index is 1.57. The molecule has 0 saturated heterocycles. The van der Waals surface area contributed by atoms with Gasteiger partial charge in [0.2, 0.25) is 6.10 Å². The first-order valence-electron chi connectivity index (χ1n) is 10.4. The normalized spacial score (nSPS) is 11.7. The highest BCUT2D eigenvalue weighted by atomic mass is 16.5. The van der Waals surface area contributed by atoms with Gasteiger partial charge in [-0.2, -0.15) is 0 Å². The van der Waals surface area contributed by atoms with E-state index in [1.54, 1.807) is 78.9 Å². The van der Waals surface area contributed by atoms with Gasteiger partial charge in [0.25, 0.3) is 5.91 Å². The van der Waals surface area contributed by atoms with E-state index < -0.39 is 30.3 Å². The molecule has 4 rings (SSSR count). The van der Waals surface area contributed by atoms with Crippen LogP contribution in [-0.2, 0) is 20.9 Å². The Hall–Kier alpha value is -4.33. The van der Waals surface area contributed by atoms with E-state index in [9.17, 15) is 14.4 Å². The quantitative estimate of drug-likeness (QED) is 0.412. The van der Waals surface area contributed by atoms with Gasteiger partial charge in [-0.15, -0.1) is 0 Å². The topological polar surface area (TPSA) is 99.8 Å². The van der Waals surface area contributed by atoms with Crippen molar-refractivity contribution in [2.24, 2.45) is 0 Å². The second-order valence-corrected chi connectivity index (χ2v) is 7.12. The number of para-hydroxylation sites is 4. The maximum absolute atomic E-state index is 13.2. The van der Waals surface area contributed by atoms with Crippen LogP contribution in [0, 0.1) is 0 Å². The lowest BCUT2D eigenvalue weighted by molar-refractivity contribution is -0.155. The summed E-state index contributed by atoms with van der Waals surface area (Å²) in [6, 6.07) is 22.4. The lowest BCUT2D eigenvalue weighted by Gasteiger charge is -2.19. The minimum atomic E-state index is -1.23. The van der Waals surface area contributed by atoms with Crippen LogP contribution in [0.5, 0.6) is 5.75 Å². The van der Waals surface area contributed by atoms with Gasteiger partial charge in [-0.3, -0.25) is 14.2 Å². The number of hydrogen-bond acceptors (Lipinski definition) is 6. The molecule has 0 aliphatic rings. The Morgan fingerprint density at radius 1 is 0.970 bits per heavy atom. The molecule has 1 heterocycles. The van der Waals surface area contributed by atoms with Crippen LogP contribution >= 0.6 is 0 Å². The molecule has 8 nitrogen and oxygen atoms in total. The molecule has 0 aliphatic carbocycles. The zero-order valence-corrected chi connectivity index (χ0v) is 17.9. The van der Waals surface area contributed by atoms with E-state index >= 15 is 0 Å². The molecule has 4 aromatic rings. The molecule has 0 saturated carbocycles. The number of benzene rings is 3. The van der Waals surface area contributed by atoms with Crippen molar-refractivity contribution in [1.82, 2.24) is 4.57 Å². The van der Waals surface area contributed by atoms with Gasteiger partial charge in [0.05, 0.1) is 17.8 Å². The summed E-state index contributed by atoms with van der Waals surface area (Å²) in [5.74, 6) is -1.49. The molecular weight excluding hydrogens is 424 g/mol. The van der Waals surface area contributed by atoms with Crippen LogP contribution in [0.2, 0.25) is 0 Å². The zero-order chi connectivity index (χ0) is 23.2. The Labute approximate surface area is 189 Å². The van der Waals surface area contributed by atoms with Crippen molar-refractivity contribution in [3.63, 3.8) is 0 Å². The Morgan fingerprint density at radius 2 is 1.67 bits per heavy atom. The highest BCUT2D eigenvalue weighted by Crippen LogP contribution is 2.27. The number of nitrogens with zero attached hydrogens (tertiary/aromatic N) is 1. The first kappa shape index (κ1) is 21.9. The van der Waals surface area contributed by atoms with Crippen molar-refractivity contribution in [3.05, 3.63) is 95.0 Å². The van der Waals surface area contributed by atoms with Crippen LogP contribution in [0.3, 0.4) is 0 Å². The number of esters is 1. The van der Waals surface area contributed by atoms with Gasteiger partial charge in [0, 0.05) is 5.56 Å². The summed E-state index contributed by atoms with van der Waals surface area (Å²) < 4.78 is 17.4. The fourth-order valence-electron chi connectivity index (χ4n) is 3.41. The highest BCUT2D eigenvalue weighted by molar-refractivity contribution is 5.97. The molecule has 1 amide bonds. The molecule has 1 aromatic heterocycles. The van der Waals surface area contributed by atoms with Gasteiger partial charge in [-0.1, -0.05) is 54.6 Å². The number of carbonyl (C=O) groups excluding carboxylic acids is 2. The van der Waals surface area contributed by atoms with E-state index in [1.807, 2.05) is 6.92 Å². The molecule has 168 valence electrons. The predicted octanol–water partition coefficient (Wildman–Crippen LogP) is 3.92. The first-order valence-corrected chi connectivity index (χ1v) is 10.4. The van der Waals surface area contributed by atoms with E-state index in [0.29, 0.717) is 34.7 Å². The van der Waals surface area contributed by atoms with Crippen LogP contribution < -0.4 is 15.8 Å². The van der Waals surface area contributed by atoms with E-state index in [2.05, 4.69) is 5.32 Å². The Bertz CT molecular complexity index is 1330. The lowest BCUT2D eigenvalue weighted by Crippen LogP contribution is -2.29. The summed E-state index contributed by atoms with van der Waals surface area (Å²) in [4.78, 5) is 38.1. The summed E-state index contributed by atoms with van der Waals surface area (Å²) >= 11 is 0. The number of rotatable bonds is 8. The van der Waals surface area contributed by atoms with Crippen molar-refractivity contribution < 1.29 is 23.5 Å². The molecule has 0 aliphatic heterocycles. The number of nitrogens with one attached hydrogen (secondary N) is 1. The number of anilines is 1. The summed E-state index contributed by atoms with van der Waals surface area (Å²) in [5, 5.41) is 2.77. The Kier molecular flexibility index (Phi) is 6.54. The van der Waals surface area contributed by atoms with Crippen LogP contribution in [0.25, 0.3) is 11.1 Å². The van der Waals surface area contributed by atoms with Gasteiger partial charge in [0.1, 0.15) is 12.3 Å². The predicted molar refractivity (Wildman–Crippen MR) is 122 cm³/mol. The standard InChI is InChI=1S/C25H22N2O6/c1-2-31-20-14-8-6-12-18(20)26-24(29)23(17-10-4-3-5-11-17)33-22(28)16-27-19-13-7-9-15-21(19)32-25(27)30/h3-15,23H,2,16H2,1H3,(H,26,29). The molecule has 3 aromatic carbocycles. The molecule has 1 atom stereocenters. The van der Waals surface area contributed by atoms with Crippen molar-refractivity contribution in [2.45, 2.75) is 19.6 Å². The fourth-order valence-corrected chi connectivity index (χ4v) is 3.41. The van der Waals surface area contributed by atoms with Crippen molar-refractivity contribution in [2.75, 3.05) is 11.9 Å². The largest absolute Gasteiger partial charge is 0.492 e. The number of carbonyl (C=O) groups is 2. The molecule has 8 heteroatoms. The van der Waals surface area contributed by atoms with Crippen LogP contribution in [0.15, 0.2) is 88.1 Å². The third-order valence-corrected chi connectivity index (χ3v) is 4.90. The summed E-state index contributed by atoms with van der Waals surface area (Å²) in [7, 11) is 0. The molecule has 33 heavy (non-hydrogen) atoms. The summed E-state index contributed by atoms with van der Waals surface area (Å²) in [5.41, 5.74) is 1.77. The van der Waals surface area contributed by atoms with Crippen LogP contribution in [-0.4, -0.2) is 23.1 Å². The van der Waals surface area contributed by atoms with Gasteiger partial charge < -0.3 is 19.2 Å². The SMILES string of the molecule is CCOc1ccccc1NC(=O)C(OC(=O)Cn1c(=O)oc2ccccc21)c1ccccc1. The number of ether oxygens (including phenoxy) is 2. The average Bonchev–Trinajstić information content (AvgIpc) is 3.14.